The Morgan fingerprint density at radius 3 is 2.12 bits per heavy atom. The maximum atomic E-state index is 6.32. The van der Waals surface area contributed by atoms with E-state index in [4.69, 9.17) is 8.85 Å². The van der Waals surface area contributed by atoms with E-state index in [1.54, 1.807) is 0 Å². The van der Waals surface area contributed by atoms with Gasteiger partial charge in [-0.3, -0.25) is 0 Å². The fourth-order valence-electron chi connectivity index (χ4n) is 3.43. The van der Waals surface area contributed by atoms with Gasteiger partial charge in [-0.05, 0) is 38.1 Å². The summed E-state index contributed by atoms with van der Waals surface area (Å²) in [4.78, 5) is 0. The van der Waals surface area contributed by atoms with E-state index in [2.05, 4.69) is 6.55 Å². The Morgan fingerprint density at radius 2 is 1.53 bits per heavy atom. The van der Waals surface area contributed by atoms with Gasteiger partial charge in [0.15, 0.2) is 0 Å². The van der Waals surface area contributed by atoms with Crippen LogP contribution in [0.4, 0.5) is 0 Å². The van der Waals surface area contributed by atoms with E-state index in [1.807, 2.05) is 7.11 Å². The highest BCUT2D eigenvalue weighted by Gasteiger charge is 2.42. The highest BCUT2D eigenvalue weighted by atomic mass is 28.4. The Morgan fingerprint density at radius 1 is 0.941 bits per heavy atom. The van der Waals surface area contributed by atoms with Crippen LogP contribution in [0.15, 0.2) is 0 Å². The normalized spacial score (nSPS) is 27.2. The molecule has 17 heavy (non-hydrogen) atoms. The Kier molecular flexibility index (Phi) is 5.06. The molecule has 2 saturated carbocycles. The highest BCUT2D eigenvalue weighted by Crippen LogP contribution is 2.40. The summed E-state index contributed by atoms with van der Waals surface area (Å²) in [5, 5.41) is 0. The SMILES string of the molecule is CO[Si](C)(OCC1CCCCC1)C1CCCC1. The van der Waals surface area contributed by atoms with Crippen molar-refractivity contribution >= 4 is 8.56 Å². The van der Waals surface area contributed by atoms with Gasteiger partial charge in [0, 0.05) is 19.3 Å². The third-order valence-corrected chi connectivity index (χ3v) is 8.44. The minimum atomic E-state index is -1.87. The van der Waals surface area contributed by atoms with Crippen LogP contribution in [0.5, 0.6) is 0 Å². The minimum absolute atomic E-state index is 0.746. The molecular weight excluding hydrogens is 228 g/mol. The van der Waals surface area contributed by atoms with Gasteiger partial charge in [-0.25, -0.2) is 0 Å². The van der Waals surface area contributed by atoms with E-state index in [9.17, 15) is 0 Å². The molecule has 0 bridgehead atoms. The second kappa shape index (κ2) is 6.35. The second-order valence-electron chi connectivity index (χ2n) is 6.02. The minimum Gasteiger partial charge on any atom is -0.398 e. The van der Waals surface area contributed by atoms with Crippen LogP contribution in [-0.4, -0.2) is 22.3 Å². The van der Waals surface area contributed by atoms with Gasteiger partial charge in [0.1, 0.15) is 0 Å². The molecule has 0 saturated heterocycles. The molecule has 100 valence electrons. The van der Waals surface area contributed by atoms with Gasteiger partial charge in [0.05, 0.1) is 0 Å². The molecule has 0 heterocycles. The smallest absolute Gasteiger partial charge is 0.337 e. The van der Waals surface area contributed by atoms with Crippen molar-refractivity contribution in [2.75, 3.05) is 13.7 Å². The molecule has 0 aromatic heterocycles. The van der Waals surface area contributed by atoms with Gasteiger partial charge in [0.25, 0.3) is 0 Å². The standard InChI is InChI=1S/C14H28O2Si/c1-15-17(2,14-10-6-7-11-14)16-12-13-8-4-3-5-9-13/h13-14H,3-12H2,1-2H3. The summed E-state index contributed by atoms with van der Waals surface area (Å²) in [6.07, 6.45) is 12.4. The van der Waals surface area contributed by atoms with Crippen molar-refractivity contribution in [3.63, 3.8) is 0 Å². The van der Waals surface area contributed by atoms with Gasteiger partial charge < -0.3 is 8.85 Å². The molecule has 2 nitrogen and oxygen atoms in total. The predicted molar refractivity (Wildman–Crippen MR) is 73.4 cm³/mol. The van der Waals surface area contributed by atoms with E-state index in [0.717, 1.165) is 18.1 Å². The summed E-state index contributed by atoms with van der Waals surface area (Å²) in [5.74, 6) is 0.812. The van der Waals surface area contributed by atoms with Crippen LogP contribution < -0.4 is 0 Å². The summed E-state index contributed by atoms with van der Waals surface area (Å²) in [6.45, 7) is 3.25. The molecule has 0 aliphatic heterocycles. The molecule has 1 unspecified atom stereocenters. The lowest BCUT2D eigenvalue weighted by Crippen LogP contribution is -2.43. The number of rotatable bonds is 5. The molecule has 1 atom stereocenters. The molecule has 2 aliphatic carbocycles. The second-order valence-corrected chi connectivity index (χ2v) is 9.56. The Hall–Kier alpha value is 0.137. The zero-order valence-electron chi connectivity index (χ0n) is 11.5. The molecule has 2 rings (SSSR count). The van der Waals surface area contributed by atoms with Crippen LogP contribution in [0.2, 0.25) is 12.1 Å². The molecule has 2 aliphatic rings. The van der Waals surface area contributed by atoms with Gasteiger partial charge >= 0.3 is 8.56 Å². The van der Waals surface area contributed by atoms with Gasteiger partial charge in [-0.1, -0.05) is 32.1 Å². The Bertz CT molecular complexity index is 222. The molecule has 0 aromatic carbocycles. The van der Waals surface area contributed by atoms with Crippen molar-refractivity contribution < 1.29 is 8.85 Å². The van der Waals surface area contributed by atoms with Crippen molar-refractivity contribution in [3.05, 3.63) is 0 Å². The Balaban J connectivity index is 1.80. The van der Waals surface area contributed by atoms with Crippen molar-refractivity contribution in [1.82, 2.24) is 0 Å². The van der Waals surface area contributed by atoms with Crippen molar-refractivity contribution in [3.8, 4) is 0 Å². The summed E-state index contributed by atoms with van der Waals surface area (Å²) in [5.41, 5.74) is 0.746. The lowest BCUT2D eigenvalue weighted by molar-refractivity contribution is 0.144. The molecule has 0 spiro atoms. The molecular formula is C14H28O2Si. The first-order chi connectivity index (χ1) is 8.24. The first kappa shape index (κ1) is 13.6. The van der Waals surface area contributed by atoms with Crippen molar-refractivity contribution in [1.29, 1.82) is 0 Å². The lowest BCUT2D eigenvalue weighted by Gasteiger charge is -2.33. The van der Waals surface area contributed by atoms with Crippen LogP contribution in [0, 0.1) is 5.92 Å². The molecule has 0 amide bonds. The predicted octanol–water partition coefficient (Wildman–Crippen LogP) is 4.25. The summed E-state index contributed by atoms with van der Waals surface area (Å²) >= 11 is 0. The molecule has 0 aromatic rings. The van der Waals surface area contributed by atoms with Crippen molar-refractivity contribution in [2.24, 2.45) is 5.92 Å². The topological polar surface area (TPSA) is 18.5 Å². The number of hydrogen-bond acceptors (Lipinski definition) is 2. The van der Waals surface area contributed by atoms with Gasteiger partial charge in [-0.15, -0.1) is 0 Å². The molecule has 0 radical (unpaired) electrons. The average molecular weight is 256 g/mol. The van der Waals surface area contributed by atoms with Crippen LogP contribution >= 0.6 is 0 Å². The maximum absolute atomic E-state index is 6.32. The van der Waals surface area contributed by atoms with Crippen LogP contribution in [0.25, 0.3) is 0 Å². The van der Waals surface area contributed by atoms with E-state index in [0.29, 0.717) is 0 Å². The summed E-state index contributed by atoms with van der Waals surface area (Å²) in [6, 6.07) is 0. The fraction of sp³-hybridized carbons (Fsp3) is 1.00. The Labute approximate surface area is 107 Å². The third kappa shape index (κ3) is 3.55. The molecule has 2 fully saturated rings. The monoisotopic (exact) mass is 256 g/mol. The maximum Gasteiger partial charge on any atom is 0.337 e. The van der Waals surface area contributed by atoms with E-state index in [-0.39, 0.29) is 0 Å². The van der Waals surface area contributed by atoms with Gasteiger partial charge in [-0.2, -0.15) is 0 Å². The van der Waals surface area contributed by atoms with E-state index in [1.165, 1.54) is 57.8 Å². The van der Waals surface area contributed by atoms with Crippen molar-refractivity contribution in [2.45, 2.75) is 69.9 Å². The first-order valence-electron chi connectivity index (χ1n) is 7.44. The molecule has 3 heteroatoms. The van der Waals surface area contributed by atoms with E-state index < -0.39 is 8.56 Å². The summed E-state index contributed by atoms with van der Waals surface area (Å²) in [7, 11) is -0.00781. The molecule has 0 N–H and O–H groups in total. The lowest BCUT2D eigenvalue weighted by atomic mass is 9.90. The zero-order valence-corrected chi connectivity index (χ0v) is 12.5. The zero-order chi connectivity index (χ0) is 12.1. The van der Waals surface area contributed by atoms with E-state index >= 15 is 0 Å². The number of hydrogen-bond donors (Lipinski definition) is 0. The quantitative estimate of drug-likeness (QED) is 0.685. The van der Waals surface area contributed by atoms with Gasteiger partial charge in [0.2, 0.25) is 0 Å². The van der Waals surface area contributed by atoms with Crippen LogP contribution in [-0.2, 0) is 8.85 Å². The first-order valence-corrected chi connectivity index (χ1v) is 9.83. The summed E-state index contributed by atoms with van der Waals surface area (Å²) < 4.78 is 12.1. The third-order valence-electron chi connectivity index (χ3n) is 4.83. The largest absolute Gasteiger partial charge is 0.398 e. The fourth-order valence-corrected chi connectivity index (χ4v) is 6.14. The average Bonchev–Trinajstić information content (AvgIpc) is 2.92. The van der Waals surface area contributed by atoms with Crippen LogP contribution in [0.3, 0.4) is 0 Å². The highest BCUT2D eigenvalue weighted by molar-refractivity contribution is 6.67. The van der Waals surface area contributed by atoms with Crippen LogP contribution in [0.1, 0.15) is 57.8 Å².